The van der Waals surface area contributed by atoms with Gasteiger partial charge in [0.05, 0.1) is 22.9 Å². The number of hydrogen-bond acceptors (Lipinski definition) is 4. The molecule has 0 saturated heterocycles. The van der Waals surface area contributed by atoms with Crippen LogP contribution in [0.5, 0.6) is 5.75 Å². The van der Waals surface area contributed by atoms with Crippen molar-refractivity contribution < 1.29 is 23.1 Å². The molecule has 0 saturated carbocycles. The number of carboxylic acid groups (broad SMARTS) is 1. The van der Waals surface area contributed by atoms with Crippen LogP contribution in [0.1, 0.15) is 6.92 Å². The summed E-state index contributed by atoms with van der Waals surface area (Å²) in [6.07, 6.45) is 0. The molecule has 0 bridgehead atoms. The largest absolute Gasteiger partial charge is 0.495 e. The van der Waals surface area contributed by atoms with Crippen LogP contribution >= 0.6 is 11.6 Å². The summed E-state index contributed by atoms with van der Waals surface area (Å²) in [5.74, 6) is -1.49. The highest BCUT2D eigenvalue weighted by Gasteiger charge is 2.25. The first-order chi connectivity index (χ1) is 9.20. The number of carbonyl (C=O) groups is 1. The van der Waals surface area contributed by atoms with Crippen LogP contribution in [0.2, 0.25) is 5.02 Å². The fraction of sp³-hybridized carbons (Fsp3) is 0.417. The van der Waals surface area contributed by atoms with Crippen LogP contribution in [-0.4, -0.2) is 44.5 Å². The lowest BCUT2D eigenvalue weighted by Crippen LogP contribution is -2.33. The number of hydrogen-bond donors (Lipinski definition) is 1. The Morgan fingerprint density at radius 1 is 1.50 bits per heavy atom. The van der Waals surface area contributed by atoms with Gasteiger partial charge in [-0.05, 0) is 18.2 Å². The Kier molecular flexibility index (Phi) is 5.38. The van der Waals surface area contributed by atoms with E-state index in [1.54, 1.807) is 0 Å². The molecule has 0 aliphatic carbocycles. The van der Waals surface area contributed by atoms with E-state index in [1.165, 1.54) is 39.3 Å². The van der Waals surface area contributed by atoms with Crippen molar-refractivity contribution in [2.24, 2.45) is 5.92 Å². The van der Waals surface area contributed by atoms with Crippen LogP contribution in [0.15, 0.2) is 23.1 Å². The van der Waals surface area contributed by atoms with E-state index < -0.39 is 21.9 Å². The van der Waals surface area contributed by atoms with Gasteiger partial charge in [0.25, 0.3) is 0 Å². The van der Waals surface area contributed by atoms with Crippen LogP contribution in [-0.2, 0) is 14.8 Å². The number of ether oxygens (including phenoxy) is 1. The molecule has 0 heterocycles. The van der Waals surface area contributed by atoms with Gasteiger partial charge < -0.3 is 9.84 Å². The Hall–Kier alpha value is -1.31. The zero-order valence-electron chi connectivity index (χ0n) is 11.3. The Labute approximate surface area is 123 Å². The summed E-state index contributed by atoms with van der Waals surface area (Å²) in [4.78, 5) is 10.8. The first kappa shape index (κ1) is 16.7. The molecule has 1 aromatic carbocycles. The second-order valence-electron chi connectivity index (χ2n) is 4.32. The van der Waals surface area contributed by atoms with Crippen molar-refractivity contribution in [1.29, 1.82) is 0 Å². The fourth-order valence-electron chi connectivity index (χ4n) is 1.55. The van der Waals surface area contributed by atoms with Crippen LogP contribution in [0.3, 0.4) is 0 Å². The van der Waals surface area contributed by atoms with Crippen molar-refractivity contribution >= 4 is 27.6 Å². The zero-order valence-corrected chi connectivity index (χ0v) is 12.9. The number of aliphatic carboxylic acids is 1. The summed E-state index contributed by atoms with van der Waals surface area (Å²) < 4.78 is 30.5. The number of methoxy groups -OCH3 is 1. The Morgan fingerprint density at radius 3 is 2.55 bits per heavy atom. The molecule has 1 aromatic rings. The van der Waals surface area contributed by atoms with E-state index in [4.69, 9.17) is 21.4 Å². The topological polar surface area (TPSA) is 83.9 Å². The van der Waals surface area contributed by atoms with Gasteiger partial charge >= 0.3 is 5.97 Å². The van der Waals surface area contributed by atoms with Gasteiger partial charge in [-0.1, -0.05) is 18.5 Å². The van der Waals surface area contributed by atoms with Crippen LogP contribution in [0.4, 0.5) is 0 Å². The lowest BCUT2D eigenvalue weighted by atomic mass is 10.2. The third-order valence-corrected chi connectivity index (χ3v) is 4.90. The Morgan fingerprint density at radius 2 is 2.10 bits per heavy atom. The standard InChI is InChI=1S/C12H16ClNO5S/c1-8(12(15)16)7-14(2)20(17,18)9-4-5-11(19-3)10(13)6-9/h4-6,8H,7H2,1-3H3,(H,15,16). The summed E-state index contributed by atoms with van der Waals surface area (Å²) in [5, 5.41) is 8.99. The molecule has 0 spiro atoms. The van der Waals surface area contributed by atoms with Crippen LogP contribution < -0.4 is 4.74 Å². The van der Waals surface area contributed by atoms with Crippen molar-refractivity contribution in [1.82, 2.24) is 4.31 Å². The van der Waals surface area contributed by atoms with Gasteiger partial charge in [-0.25, -0.2) is 12.7 Å². The lowest BCUT2D eigenvalue weighted by Gasteiger charge is -2.19. The molecule has 0 aromatic heterocycles. The summed E-state index contributed by atoms with van der Waals surface area (Å²) in [7, 11) is -1.03. The van der Waals surface area contributed by atoms with Gasteiger partial charge in [0.1, 0.15) is 5.75 Å². The normalized spacial score (nSPS) is 13.2. The van der Waals surface area contributed by atoms with E-state index >= 15 is 0 Å². The summed E-state index contributed by atoms with van der Waals surface area (Å²) in [6.45, 7) is 1.32. The van der Waals surface area contributed by atoms with Crippen molar-refractivity contribution in [2.75, 3.05) is 20.7 Å². The quantitative estimate of drug-likeness (QED) is 0.862. The van der Waals surface area contributed by atoms with Crippen molar-refractivity contribution in [3.63, 3.8) is 0 Å². The van der Waals surface area contributed by atoms with E-state index in [0.717, 1.165) is 4.31 Å². The third-order valence-electron chi connectivity index (χ3n) is 2.78. The highest BCUT2D eigenvalue weighted by Crippen LogP contribution is 2.28. The molecule has 0 aliphatic rings. The molecule has 0 radical (unpaired) electrons. The maximum atomic E-state index is 12.3. The van der Waals surface area contributed by atoms with E-state index in [1.807, 2.05) is 0 Å². The molecule has 0 fully saturated rings. The van der Waals surface area contributed by atoms with Gasteiger partial charge in [0, 0.05) is 13.6 Å². The highest BCUT2D eigenvalue weighted by molar-refractivity contribution is 7.89. The number of halogens is 1. The summed E-state index contributed by atoms with van der Waals surface area (Å²) in [6, 6.07) is 4.09. The first-order valence-electron chi connectivity index (χ1n) is 5.72. The van der Waals surface area contributed by atoms with Crippen molar-refractivity contribution in [2.45, 2.75) is 11.8 Å². The zero-order chi connectivity index (χ0) is 15.5. The van der Waals surface area contributed by atoms with E-state index in [-0.39, 0.29) is 16.5 Å². The molecule has 1 atom stereocenters. The maximum Gasteiger partial charge on any atom is 0.307 e. The van der Waals surface area contributed by atoms with E-state index in [2.05, 4.69) is 0 Å². The second-order valence-corrected chi connectivity index (χ2v) is 6.77. The number of nitrogens with zero attached hydrogens (tertiary/aromatic N) is 1. The molecule has 0 amide bonds. The minimum Gasteiger partial charge on any atom is -0.495 e. The number of rotatable bonds is 6. The highest BCUT2D eigenvalue weighted by atomic mass is 35.5. The second kappa shape index (κ2) is 6.43. The molecule has 1 rings (SSSR count). The molecule has 1 N–H and O–H groups in total. The molecule has 8 heteroatoms. The molecular weight excluding hydrogens is 306 g/mol. The minimum absolute atomic E-state index is 0.0108. The van der Waals surface area contributed by atoms with Crippen molar-refractivity contribution in [3.05, 3.63) is 23.2 Å². The first-order valence-corrected chi connectivity index (χ1v) is 7.54. The van der Waals surface area contributed by atoms with Gasteiger partial charge in [-0.15, -0.1) is 0 Å². The number of benzene rings is 1. The summed E-state index contributed by atoms with van der Waals surface area (Å²) in [5.41, 5.74) is 0. The minimum atomic E-state index is -3.79. The van der Waals surface area contributed by atoms with E-state index in [0.29, 0.717) is 5.75 Å². The number of sulfonamides is 1. The fourth-order valence-corrected chi connectivity index (χ4v) is 3.16. The molecule has 112 valence electrons. The molecule has 1 unspecified atom stereocenters. The number of carboxylic acids is 1. The Balaban J connectivity index is 3.04. The van der Waals surface area contributed by atoms with Crippen molar-refractivity contribution in [3.8, 4) is 5.75 Å². The molecule has 0 aliphatic heterocycles. The van der Waals surface area contributed by atoms with Crippen LogP contribution in [0.25, 0.3) is 0 Å². The van der Waals surface area contributed by atoms with Gasteiger partial charge in [-0.2, -0.15) is 0 Å². The average Bonchev–Trinajstić information content (AvgIpc) is 2.38. The average molecular weight is 322 g/mol. The van der Waals surface area contributed by atoms with Gasteiger partial charge in [0.2, 0.25) is 10.0 Å². The van der Waals surface area contributed by atoms with E-state index in [9.17, 15) is 13.2 Å². The maximum absolute atomic E-state index is 12.3. The summed E-state index contributed by atoms with van der Waals surface area (Å²) >= 11 is 5.89. The third kappa shape index (κ3) is 3.62. The van der Waals surface area contributed by atoms with Gasteiger partial charge in [-0.3, -0.25) is 4.79 Å². The Bertz CT molecular complexity index is 602. The predicted octanol–water partition coefficient (Wildman–Crippen LogP) is 1.69. The predicted molar refractivity (Wildman–Crippen MR) is 74.6 cm³/mol. The molecule has 20 heavy (non-hydrogen) atoms. The van der Waals surface area contributed by atoms with Gasteiger partial charge in [0.15, 0.2) is 0 Å². The smallest absolute Gasteiger partial charge is 0.307 e. The monoisotopic (exact) mass is 321 g/mol. The SMILES string of the molecule is COc1ccc(S(=O)(=O)N(C)CC(C)C(=O)O)cc1Cl. The molecular formula is C12H16ClNO5S. The van der Waals surface area contributed by atoms with Crippen LogP contribution in [0, 0.1) is 5.92 Å². The molecule has 6 nitrogen and oxygen atoms in total. The lowest BCUT2D eigenvalue weighted by molar-refractivity contribution is -0.141.